The van der Waals surface area contributed by atoms with Gasteiger partial charge in [-0.3, -0.25) is 4.79 Å². The minimum Gasteiger partial charge on any atom is -0.398 e. The van der Waals surface area contributed by atoms with E-state index in [1.54, 1.807) is 12.1 Å². The number of anilines is 1. The van der Waals surface area contributed by atoms with Gasteiger partial charge < -0.3 is 5.73 Å². The van der Waals surface area contributed by atoms with Gasteiger partial charge in [0.2, 0.25) is 0 Å². The zero-order valence-corrected chi connectivity index (χ0v) is 15.2. The summed E-state index contributed by atoms with van der Waals surface area (Å²) in [4.78, 5) is 11.7. The van der Waals surface area contributed by atoms with Gasteiger partial charge in [0, 0.05) is 29.3 Å². The quantitative estimate of drug-likeness (QED) is 0.634. The first kappa shape index (κ1) is 18.4. The Morgan fingerprint density at radius 2 is 1.42 bits per heavy atom. The van der Waals surface area contributed by atoms with E-state index < -0.39 is 35.2 Å². The lowest BCUT2D eigenvalue weighted by Gasteiger charge is -2.12. The van der Waals surface area contributed by atoms with E-state index in [1.165, 1.54) is 12.1 Å². The fourth-order valence-electron chi connectivity index (χ4n) is 2.14. The summed E-state index contributed by atoms with van der Waals surface area (Å²) in [6, 6.07) is 8.17. The molecule has 2 aromatic carbocycles. The maximum absolute atomic E-state index is 12.6. The van der Waals surface area contributed by atoms with Gasteiger partial charge >= 0.3 is 0 Å². The predicted octanol–water partition coefficient (Wildman–Crippen LogP) is 1.96. The highest BCUT2D eigenvalue weighted by Gasteiger charge is 2.25. The predicted molar refractivity (Wildman–Crippen MR) is 92.0 cm³/mol. The van der Waals surface area contributed by atoms with Crippen molar-refractivity contribution in [2.45, 2.75) is 9.79 Å². The van der Waals surface area contributed by atoms with Crippen LogP contribution in [0.4, 0.5) is 5.69 Å². The molecule has 0 saturated heterocycles. The van der Waals surface area contributed by atoms with E-state index in [0.717, 1.165) is 24.6 Å². The fourth-order valence-corrected chi connectivity index (χ4v) is 4.79. The first-order valence-electron chi connectivity index (χ1n) is 6.56. The van der Waals surface area contributed by atoms with Crippen LogP contribution in [0.2, 0.25) is 5.02 Å². The van der Waals surface area contributed by atoms with Crippen LogP contribution in [0.15, 0.2) is 46.2 Å². The largest absolute Gasteiger partial charge is 0.398 e. The zero-order valence-electron chi connectivity index (χ0n) is 12.8. The Hall–Kier alpha value is -1.90. The van der Waals surface area contributed by atoms with Crippen LogP contribution in [0, 0.1) is 0 Å². The standard InChI is InChI=1S/C15H14ClNO5S2/c1-23(19,20)13-7-10(12(17)8-14(13)24(2,21)22)15(18)9-5-3-4-6-11(9)16/h3-8H,17H2,1-2H3. The Morgan fingerprint density at radius 1 is 0.917 bits per heavy atom. The molecule has 0 aliphatic rings. The number of hydrogen-bond donors (Lipinski definition) is 1. The number of ketones is 1. The van der Waals surface area contributed by atoms with E-state index in [-0.39, 0.29) is 21.8 Å². The third-order valence-corrected chi connectivity index (χ3v) is 6.01. The molecule has 9 heteroatoms. The smallest absolute Gasteiger partial charge is 0.196 e. The Bertz CT molecular complexity index is 1040. The van der Waals surface area contributed by atoms with Gasteiger partial charge in [-0.1, -0.05) is 23.7 Å². The Morgan fingerprint density at radius 3 is 1.92 bits per heavy atom. The highest BCUT2D eigenvalue weighted by atomic mass is 35.5. The van der Waals surface area contributed by atoms with Gasteiger partial charge in [0.15, 0.2) is 25.5 Å². The molecule has 0 heterocycles. The van der Waals surface area contributed by atoms with Gasteiger partial charge in [-0.2, -0.15) is 0 Å². The molecule has 0 amide bonds. The molecule has 0 aromatic heterocycles. The summed E-state index contributed by atoms with van der Waals surface area (Å²) in [6.45, 7) is 0. The van der Waals surface area contributed by atoms with Gasteiger partial charge in [-0.15, -0.1) is 0 Å². The van der Waals surface area contributed by atoms with E-state index >= 15 is 0 Å². The van der Waals surface area contributed by atoms with Gasteiger partial charge in [-0.05, 0) is 24.3 Å². The van der Waals surface area contributed by atoms with Crippen LogP contribution in [0.3, 0.4) is 0 Å². The second kappa shape index (κ2) is 6.19. The van der Waals surface area contributed by atoms with Gasteiger partial charge in [-0.25, -0.2) is 16.8 Å². The van der Waals surface area contributed by atoms with Crippen molar-refractivity contribution in [3.63, 3.8) is 0 Å². The van der Waals surface area contributed by atoms with Crippen molar-refractivity contribution in [1.29, 1.82) is 0 Å². The summed E-state index contributed by atoms with van der Waals surface area (Å²) < 4.78 is 47.6. The molecule has 0 spiro atoms. The van der Waals surface area contributed by atoms with E-state index in [9.17, 15) is 21.6 Å². The van der Waals surface area contributed by atoms with Crippen molar-refractivity contribution < 1.29 is 21.6 Å². The van der Waals surface area contributed by atoms with E-state index in [1.807, 2.05) is 0 Å². The van der Waals surface area contributed by atoms with Crippen LogP contribution in [0.1, 0.15) is 15.9 Å². The minimum atomic E-state index is -3.90. The summed E-state index contributed by atoms with van der Waals surface area (Å²) in [6.07, 6.45) is 1.73. The van der Waals surface area contributed by atoms with Crippen molar-refractivity contribution in [3.05, 3.63) is 52.5 Å². The molecule has 24 heavy (non-hydrogen) atoms. The third kappa shape index (κ3) is 3.61. The molecule has 0 aliphatic carbocycles. The topological polar surface area (TPSA) is 111 Å². The molecule has 0 bridgehead atoms. The van der Waals surface area contributed by atoms with E-state index in [4.69, 9.17) is 17.3 Å². The number of sulfone groups is 2. The number of nitrogens with two attached hydrogens (primary N) is 1. The third-order valence-electron chi connectivity index (χ3n) is 3.28. The molecule has 0 fully saturated rings. The van der Waals surface area contributed by atoms with Crippen molar-refractivity contribution in [2.24, 2.45) is 0 Å². The average Bonchev–Trinajstić information content (AvgIpc) is 2.44. The maximum atomic E-state index is 12.6. The first-order valence-corrected chi connectivity index (χ1v) is 10.7. The normalized spacial score (nSPS) is 12.1. The Labute approximate surface area is 145 Å². The summed E-state index contributed by atoms with van der Waals surface area (Å²) in [5.41, 5.74) is 5.66. The number of carbonyl (C=O) groups is 1. The van der Waals surface area contributed by atoms with E-state index in [2.05, 4.69) is 0 Å². The summed E-state index contributed by atoms with van der Waals surface area (Å²) in [5.74, 6) is -0.594. The molecule has 2 aromatic rings. The molecule has 0 radical (unpaired) electrons. The Kier molecular flexibility index (Phi) is 4.76. The summed E-state index contributed by atoms with van der Waals surface area (Å²) >= 11 is 5.98. The molecule has 0 aliphatic heterocycles. The number of hydrogen-bond acceptors (Lipinski definition) is 6. The molecule has 128 valence electrons. The highest BCUT2D eigenvalue weighted by molar-refractivity contribution is 7.93. The highest BCUT2D eigenvalue weighted by Crippen LogP contribution is 2.29. The van der Waals surface area contributed by atoms with Crippen LogP contribution in [-0.4, -0.2) is 35.1 Å². The number of rotatable bonds is 4. The number of benzene rings is 2. The second-order valence-corrected chi connectivity index (χ2v) is 9.62. The average molecular weight is 388 g/mol. The number of halogens is 1. The first-order chi connectivity index (χ1) is 10.9. The minimum absolute atomic E-state index is 0.129. The molecule has 6 nitrogen and oxygen atoms in total. The lowest BCUT2D eigenvalue weighted by atomic mass is 10.0. The number of carbonyl (C=O) groups excluding carboxylic acids is 1. The second-order valence-electron chi connectivity index (χ2n) is 5.24. The van der Waals surface area contributed by atoms with Crippen LogP contribution < -0.4 is 5.73 Å². The van der Waals surface area contributed by atoms with E-state index in [0.29, 0.717) is 0 Å². The molecular weight excluding hydrogens is 374 g/mol. The fraction of sp³-hybridized carbons (Fsp3) is 0.133. The monoisotopic (exact) mass is 387 g/mol. The lowest BCUT2D eigenvalue weighted by Crippen LogP contribution is -2.13. The molecule has 2 rings (SSSR count). The van der Waals surface area contributed by atoms with Crippen LogP contribution in [-0.2, 0) is 19.7 Å². The summed E-state index contributed by atoms with van der Waals surface area (Å²) in [5, 5.41) is 0.176. The zero-order chi connectivity index (χ0) is 18.3. The van der Waals surface area contributed by atoms with Crippen molar-refractivity contribution in [1.82, 2.24) is 0 Å². The molecular formula is C15H14ClNO5S2. The maximum Gasteiger partial charge on any atom is 0.196 e. The van der Waals surface area contributed by atoms with Crippen LogP contribution >= 0.6 is 11.6 Å². The molecule has 0 saturated carbocycles. The number of nitrogen functional groups attached to an aromatic ring is 1. The van der Waals surface area contributed by atoms with Gasteiger partial charge in [0.25, 0.3) is 0 Å². The molecule has 0 atom stereocenters. The Balaban J connectivity index is 2.79. The van der Waals surface area contributed by atoms with Crippen molar-refractivity contribution in [3.8, 4) is 0 Å². The SMILES string of the molecule is CS(=O)(=O)c1cc(N)c(C(=O)c2ccccc2Cl)cc1S(C)(=O)=O. The molecule has 2 N–H and O–H groups in total. The van der Waals surface area contributed by atoms with Crippen LogP contribution in [0.5, 0.6) is 0 Å². The van der Waals surface area contributed by atoms with Crippen molar-refractivity contribution in [2.75, 3.05) is 18.2 Å². The van der Waals surface area contributed by atoms with Crippen molar-refractivity contribution >= 4 is 42.7 Å². The van der Waals surface area contributed by atoms with Gasteiger partial charge in [0.05, 0.1) is 14.8 Å². The lowest BCUT2D eigenvalue weighted by molar-refractivity contribution is 0.103. The summed E-state index contributed by atoms with van der Waals surface area (Å²) in [7, 11) is -7.75. The van der Waals surface area contributed by atoms with Crippen LogP contribution in [0.25, 0.3) is 0 Å². The van der Waals surface area contributed by atoms with Gasteiger partial charge in [0.1, 0.15) is 0 Å². The molecule has 0 unspecified atom stereocenters.